The molecule has 36 heavy (non-hydrogen) atoms. The van der Waals surface area contributed by atoms with E-state index in [2.05, 4.69) is 10.9 Å². The number of nitrogens with zero attached hydrogens (tertiary/aromatic N) is 1. The molecule has 4 rings (SSSR count). The number of amides is 1. The van der Waals surface area contributed by atoms with Crippen LogP contribution in [-0.4, -0.2) is 48.8 Å². The van der Waals surface area contributed by atoms with Crippen molar-refractivity contribution in [3.63, 3.8) is 0 Å². The van der Waals surface area contributed by atoms with Gasteiger partial charge in [-0.2, -0.15) is 0 Å². The van der Waals surface area contributed by atoms with E-state index in [0.717, 1.165) is 16.7 Å². The summed E-state index contributed by atoms with van der Waals surface area (Å²) in [4.78, 5) is 18.2. The van der Waals surface area contributed by atoms with Crippen LogP contribution in [-0.2, 0) is 22.4 Å². The van der Waals surface area contributed by atoms with Crippen molar-refractivity contribution in [1.29, 1.82) is 0 Å². The number of hydrazine groups is 1. The van der Waals surface area contributed by atoms with Gasteiger partial charge in [-0.3, -0.25) is 10.2 Å². The zero-order chi connectivity index (χ0) is 25.2. The fraction of sp³-hybridized carbons (Fsp3) is 0.286. The first-order valence-corrected chi connectivity index (χ1v) is 12.3. The summed E-state index contributed by atoms with van der Waals surface area (Å²) in [5.74, 6) is 0.852. The fourth-order valence-corrected chi connectivity index (χ4v) is 4.15. The standard InChI is InChI=1S/C28H30ClN3O4/c29-25-10-5-4-9-22(25)15-16-30-32-27(34)28(19-21-7-2-1-3-8-21)20-36-26(31-28)23-11-13-24(14-12-23)35-18-6-17-33/h1-5,7-14,30,33H,6,15-20H2,(H,32,34)/t28-/m0/s1. The highest BCUT2D eigenvalue weighted by molar-refractivity contribution is 6.31. The Morgan fingerprint density at radius 1 is 1.06 bits per heavy atom. The van der Waals surface area contributed by atoms with Gasteiger partial charge in [0.2, 0.25) is 5.90 Å². The molecule has 1 atom stereocenters. The minimum atomic E-state index is -1.11. The lowest BCUT2D eigenvalue weighted by Gasteiger charge is -2.23. The van der Waals surface area contributed by atoms with Crippen LogP contribution < -0.4 is 15.6 Å². The molecule has 0 saturated carbocycles. The molecule has 0 fully saturated rings. The van der Waals surface area contributed by atoms with Crippen LogP contribution in [0, 0.1) is 0 Å². The van der Waals surface area contributed by atoms with Crippen LogP contribution in [0.2, 0.25) is 5.02 Å². The minimum absolute atomic E-state index is 0.0865. The quantitative estimate of drug-likeness (QED) is 0.257. The maximum atomic E-state index is 13.4. The Bertz CT molecular complexity index is 1170. The second-order valence-corrected chi connectivity index (χ2v) is 8.98. The first-order chi connectivity index (χ1) is 17.6. The highest BCUT2D eigenvalue weighted by Crippen LogP contribution is 2.27. The lowest BCUT2D eigenvalue weighted by molar-refractivity contribution is -0.127. The number of nitrogens with one attached hydrogen (secondary N) is 2. The molecule has 3 aromatic carbocycles. The molecule has 1 heterocycles. The molecule has 0 unspecified atom stereocenters. The largest absolute Gasteiger partial charge is 0.494 e. The predicted molar refractivity (Wildman–Crippen MR) is 140 cm³/mol. The summed E-state index contributed by atoms with van der Waals surface area (Å²) >= 11 is 6.23. The molecular formula is C28H30ClN3O4. The smallest absolute Gasteiger partial charge is 0.266 e. The number of aliphatic hydroxyl groups is 1. The summed E-state index contributed by atoms with van der Waals surface area (Å²) in [6.07, 6.45) is 1.64. The lowest BCUT2D eigenvalue weighted by Crippen LogP contribution is -2.53. The Balaban J connectivity index is 1.45. The molecule has 0 bridgehead atoms. The van der Waals surface area contributed by atoms with Crippen LogP contribution in [0.1, 0.15) is 23.1 Å². The van der Waals surface area contributed by atoms with Gasteiger partial charge in [-0.1, -0.05) is 60.1 Å². The molecule has 1 aliphatic heterocycles. The SMILES string of the molecule is O=C(NNCCc1ccccc1Cl)[C@]1(Cc2ccccc2)COC(c2ccc(OCCCO)cc2)=N1. The molecule has 0 spiro atoms. The van der Waals surface area contributed by atoms with Crippen LogP contribution >= 0.6 is 11.6 Å². The Hall–Kier alpha value is -3.39. The van der Waals surface area contributed by atoms with Gasteiger partial charge in [0.25, 0.3) is 5.91 Å². The number of carbonyl (C=O) groups is 1. The van der Waals surface area contributed by atoms with Crippen LogP contribution in [0.3, 0.4) is 0 Å². The van der Waals surface area contributed by atoms with Gasteiger partial charge >= 0.3 is 0 Å². The molecule has 0 saturated heterocycles. The summed E-state index contributed by atoms with van der Waals surface area (Å²) < 4.78 is 11.5. The molecule has 188 valence electrons. The molecule has 0 aliphatic carbocycles. The average molecular weight is 508 g/mol. The van der Waals surface area contributed by atoms with Gasteiger partial charge < -0.3 is 14.6 Å². The van der Waals surface area contributed by atoms with E-state index in [0.29, 0.717) is 49.1 Å². The van der Waals surface area contributed by atoms with Gasteiger partial charge in [0.1, 0.15) is 12.4 Å². The van der Waals surface area contributed by atoms with Crippen molar-refractivity contribution >= 4 is 23.4 Å². The number of carbonyl (C=O) groups excluding carboxylic acids is 1. The van der Waals surface area contributed by atoms with Crippen molar-refractivity contribution in [2.24, 2.45) is 4.99 Å². The molecule has 0 radical (unpaired) electrons. The molecule has 8 heteroatoms. The number of hydrogen-bond acceptors (Lipinski definition) is 6. The number of benzene rings is 3. The number of rotatable bonds is 12. The summed E-state index contributed by atoms with van der Waals surface area (Å²) in [7, 11) is 0. The van der Waals surface area contributed by atoms with Gasteiger partial charge in [0.15, 0.2) is 5.54 Å². The van der Waals surface area contributed by atoms with Crippen LogP contribution in [0.25, 0.3) is 0 Å². The van der Waals surface area contributed by atoms with Gasteiger partial charge in [-0.15, -0.1) is 0 Å². The highest BCUT2D eigenvalue weighted by Gasteiger charge is 2.44. The summed E-state index contributed by atoms with van der Waals surface area (Å²) in [6.45, 7) is 1.18. The summed E-state index contributed by atoms with van der Waals surface area (Å²) in [5.41, 5.74) is 7.50. The predicted octanol–water partition coefficient (Wildman–Crippen LogP) is 3.72. The van der Waals surface area contributed by atoms with Gasteiger partial charge in [-0.25, -0.2) is 10.4 Å². The Labute approximate surface area is 216 Å². The third-order valence-electron chi connectivity index (χ3n) is 5.88. The molecule has 1 aliphatic rings. The van der Waals surface area contributed by atoms with E-state index in [-0.39, 0.29) is 19.1 Å². The topological polar surface area (TPSA) is 92.2 Å². The van der Waals surface area contributed by atoms with Gasteiger partial charge in [0.05, 0.1) is 6.61 Å². The van der Waals surface area contributed by atoms with E-state index in [9.17, 15) is 4.79 Å². The van der Waals surface area contributed by atoms with Crippen LogP contribution in [0.4, 0.5) is 0 Å². The zero-order valence-corrected chi connectivity index (χ0v) is 20.7. The Morgan fingerprint density at radius 3 is 2.56 bits per heavy atom. The van der Waals surface area contributed by atoms with E-state index in [1.165, 1.54) is 0 Å². The van der Waals surface area contributed by atoms with Crippen molar-refractivity contribution in [1.82, 2.24) is 10.9 Å². The van der Waals surface area contributed by atoms with E-state index in [1.807, 2.05) is 78.9 Å². The lowest BCUT2D eigenvalue weighted by atomic mass is 9.91. The van der Waals surface area contributed by atoms with Crippen LogP contribution in [0.5, 0.6) is 5.75 Å². The molecule has 3 N–H and O–H groups in total. The number of hydrogen-bond donors (Lipinski definition) is 3. The second kappa shape index (κ2) is 12.5. The highest BCUT2D eigenvalue weighted by atomic mass is 35.5. The normalized spacial score (nSPS) is 16.8. The van der Waals surface area contributed by atoms with Crippen molar-refractivity contribution in [2.75, 3.05) is 26.4 Å². The molecular weight excluding hydrogens is 478 g/mol. The maximum absolute atomic E-state index is 13.4. The summed E-state index contributed by atoms with van der Waals surface area (Å²) in [6, 6.07) is 24.8. The van der Waals surface area contributed by atoms with E-state index in [4.69, 9.17) is 31.2 Å². The third kappa shape index (κ3) is 6.63. The van der Waals surface area contributed by atoms with Crippen molar-refractivity contribution < 1.29 is 19.4 Å². The van der Waals surface area contributed by atoms with Crippen LogP contribution in [0.15, 0.2) is 83.9 Å². The Kier molecular flexibility index (Phi) is 8.95. The van der Waals surface area contributed by atoms with E-state index < -0.39 is 5.54 Å². The van der Waals surface area contributed by atoms with Gasteiger partial charge in [0, 0.05) is 36.6 Å². The number of aliphatic hydroxyl groups excluding tert-OH is 1. The van der Waals surface area contributed by atoms with Crippen molar-refractivity contribution in [3.8, 4) is 5.75 Å². The summed E-state index contributed by atoms with van der Waals surface area (Å²) in [5, 5.41) is 9.61. The van der Waals surface area contributed by atoms with Crippen molar-refractivity contribution in [2.45, 2.75) is 24.8 Å². The minimum Gasteiger partial charge on any atom is -0.494 e. The number of aliphatic imine (C=N–C) groups is 1. The molecule has 7 nitrogen and oxygen atoms in total. The average Bonchev–Trinajstić information content (AvgIpc) is 3.34. The van der Waals surface area contributed by atoms with Crippen molar-refractivity contribution in [3.05, 3.63) is 101 Å². The number of halogens is 1. The third-order valence-corrected chi connectivity index (χ3v) is 6.25. The molecule has 0 aromatic heterocycles. The Morgan fingerprint density at radius 2 is 1.81 bits per heavy atom. The first kappa shape index (κ1) is 25.7. The first-order valence-electron chi connectivity index (χ1n) is 12.0. The molecule has 1 amide bonds. The molecule has 3 aromatic rings. The fourth-order valence-electron chi connectivity index (χ4n) is 3.92. The monoisotopic (exact) mass is 507 g/mol. The van der Waals surface area contributed by atoms with Gasteiger partial charge in [-0.05, 0) is 47.9 Å². The maximum Gasteiger partial charge on any atom is 0.266 e. The van der Waals surface area contributed by atoms with E-state index >= 15 is 0 Å². The zero-order valence-electron chi connectivity index (χ0n) is 20.0. The van der Waals surface area contributed by atoms with E-state index in [1.54, 1.807) is 0 Å². The number of ether oxygens (including phenoxy) is 2. The second-order valence-electron chi connectivity index (χ2n) is 8.57.